The minimum absolute atomic E-state index is 0.0292. The maximum atomic E-state index is 14.5. The summed E-state index contributed by atoms with van der Waals surface area (Å²) < 4.78 is 7.38. The van der Waals surface area contributed by atoms with Gasteiger partial charge in [-0.2, -0.15) is 10.4 Å². The van der Waals surface area contributed by atoms with Crippen molar-refractivity contribution >= 4 is 45.0 Å². The predicted octanol–water partition coefficient (Wildman–Crippen LogP) is 5.31. The van der Waals surface area contributed by atoms with Gasteiger partial charge in [0.2, 0.25) is 11.8 Å². The number of aromatic amines is 1. The van der Waals surface area contributed by atoms with E-state index in [1.807, 2.05) is 41.0 Å². The van der Waals surface area contributed by atoms with E-state index in [2.05, 4.69) is 45.3 Å². The van der Waals surface area contributed by atoms with Crippen molar-refractivity contribution in [3.63, 3.8) is 0 Å². The Morgan fingerprint density at radius 3 is 2.60 bits per heavy atom. The first kappa shape index (κ1) is 31.5. The van der Waals surface area contributed by atoms with Crippen LogP contribution < -0.4 is 4.90 Å². The predicted molar refractivity (Wildman–Crippen MR) is 191 cm³/mol. The molecule has 5 aliphatic rings. The molecule has 1 atom stereocenters. The molecule has 3 aliphatic heterocycles. The monoisotopic (exact) mass is 672 g/mol. The third-order valence-corrected chi connectivity index (χ3v) is 12.8. The number of H-pyrrole nitrogens is 1. The molecule has 1 saturated carbocycles. The highest BCUT2D eigenvalue weighted by Gasteiger charge is 2.55. The van der Waals surface area contributed by atoms with E-state index in [4.69, 9.17) is 9.72 Å². The van der Waals surface area contributed by atoms with Gasteiger partial charge in [-0.3, -0.25) is 19.2 Å². The number of carbonyl (C=O) groups excluding carboxylic acids is 2. The zero-order valence-electron chi connectivity index (χ0n) is 29.0. The van der Waals surface area contributed by atoms with Crippen LogP contribution in [0.1, 0.15) is 69.0 Å². The molecule has 258 valence electrons. The molecular weight excluding hydrogens is 628 g/mol. The summed E-state index contributed by atoms with van der Waals surface area (Å²) in [6, 6.07) is 8.96. The van der Waals surface area contributed by atoms with Crippen molar-refractivity contribution in [3.05, 3.63) is 47.9 Å². The Morgan fingerprint density at radius 1 is 1.10 bits per heavy atom. The molecule has 11 nitrogen and oxygen atoms in total. The molecule has 0 bridgehead atoms. The summed E-state index contributed by atoms with van der Waals surface area (Å²) in [5, 5.41) is 16.3. The number of ether oxygens (including phenoxy) is 1. The molecule has 11 heteroatoms. The summed E-state index contributed by atoms with van der Waals surface area (Å²) in [7, 11) is 3.85. The second kappa shape index (κ2) is 11.8. The molecule has 2 amide bonds. The Balaban J connectivity index is 1.16. The fourth-order valence-corrected chi connectivity index (χ4v) is 9.76. The average Bonchev–Trinajstić information content (AvgIpc) is 3.77. The molecule has 6 heterocycles. The average molecular weight is 673 g/mol. The van der Waals surface area contributed by atoms with Crippen LogP contribution in [0.2, 0.25) is 0 Å². The van der Waals surface area contributed by atoms with Gasteiger partial charge in [-0.25, -0.2) is 4.98 Å². The number of aromatic nitrogens is 4. The molecule has 2 saturated heterocycles. The molecule has 50 heavy (non-hydrogen) atoms. The van der Waals surface area contributed by atoms with Crippen LogP contribution in [-0.4, -0.2) is 93.3 Å². The Kier molecular flexibility index (Phi) is 7.41. The number of pyridine rings is 1. The van der Waals surface area contributed by atoms with E-state index in [0.29, 0.717) is 52.0 Å². The number of hydrogen-bond donors (Lipinski definition) is 1. The van der Waals surface area contributed by atoms with Gasteiger partial charge in [-0.15, -0.1) is 0 Å². The van der Waals surface area contributed by atoms with Gasteiger partial charge in [0.05, 0.1) is 60.4 Å². The number of piperidine rings is 1. The minimum atomic E-state index is -0.664. The lowest BCUT2D eigenvalue weighted by Crippen LogP contribution is -2.59. The first-order valence-corrected chi connectivity index (χ1v) is 18.3. The number of amides is 2. The van der Waals surface area contributed by atoms with E-state index < -0.39 is 5.41 Å². The number of benzene rings is 1. The van der Waals surface area contributed by atoms with Crippen molar-refractivity contribution in [2.24, 2.45) is 13.0 Å². The summed E-state index contributed by atoms with van der Waals surface area (Å²) in [5.74, 6) is 0.343. The van der Waals surface area contributed by atoms with Gasteiger partial charge < -0.3 is 19.5 Å². The summed E-state index contributed by atoms with van der Waals surface area (Å²) in [6.07, 6.45) is 13.5. The van der Waals surface area contributed by atoms with Crippen LogP contribution in [0.5, 0.6) is 0 Å². The molecule has 0 radical (unpaired) electrons. The van der Waals surface area contributed by atoms with Crippen LogP contribution in [0.3, 0.4) is 0 Å². The fraction of sp³-hybridized carbons (Fsp3) is 0.513. The summed E-state index contributed by atoms with van der Waals surface area (Å²) in [5.41, 5.74) is 7.46. The maximum absolute atomic E-state index is 14.5. The number of likely N-dealkylation sites (N-methyl/N-ethyl adjacent to an activating group) is 1. The van der Waals surface area contributed by atoms with Crippen molar-refractivity contribution < 1.29 is 14.3 Å². The highest BCUT2D eigenvalue weighted by Crippen LogP contribution is 2.55. The normalized spacial score (nSPS) is 23.3. The van der Waals surface area contributed by atoms with E-state index in [9.17, 15) is 14.9 Å². The second-order valence-electron chi connectivity index (χ2n) is 15.1. The van der Waals surface area contributed by atoms with Gasteiger partial charge in [-0.1, -0.05) is 12.1 Å². The van der Waals surface area contributed by atoms with Crippen molar-refractivity contribution in [1.29, 1.82) is 5.26 Å². The van der Waals surface area contributed by atoms with Crippen LogP contribution in [-0.2, 0) is 26.8 Å². The number of aryl methyl sites for hydroxylation is 1. The van der Waals surface area contributed by atoms with Gasteiger partial charge >= 0.3 is 0 Å². The molecule has 3 aromatic heterocycles. The lowest BCUT2D eigenvalue weighted by atomic mass is 9.68. The van der Waals surface area contributed by atoms with Crippen LogP contribution in [0.4, 0.5) is 5.69 Å². The lowest BCUT2D eigenvalue weighted by Gasteiger charge is -2.53. The first-order valence-electron chi connectivity index (χ1n) is 18.3. The van der Waals surface area contributed by atoms with E-state index in [-0.39, 0.29) is 23.3 Å². The number of likely N-dealkylation sites (tertiary alicyclic amines) is 1. The lowest BCUT2D eigenvalue weighted by molar-refractivity contribution is -0.139. The van der Waals surface area contributed by atoms with Crippen molar-refractivity contribution in [1.82, 2.24) is 29.5 Å². The fourth-order valence-electron chi connectivity index (χ4n) is 9.76. The highest BCUT2D eigenvalue weighted by atomic mass is 16.5. The Bertz CT molecular complexity index is 2100. The number of nitriles is 1. The van der Waals surface area contributed by atoms with Gasteiger partial charge in [0, 0.05) is 73.6 Å². The number of carbonyl (C=O) groups is 2. The van der Waals surface area contributed by atoms with Crippen LogP contribution in [0, 0.1) is 17.2 Å². The molecule has 1 spiro atoms. The molecule has 1 N–H and O–H groups in total. The maximum Gasteiger partial charge on any atom is 0.237 e. The Hall–Kier alpha value is -4.53. The molecule has 1 aromatic carbocycles. The molecule has 1 unspecified atom stereocenters. The third kappa shape index (κ3) is 4.61. The standard InChI is InChI=1S/C39H44N8O3/c1-44-30-24-41-35-32(33(30)39(37(44)49)13-16-47(17-14-39)38(12-15-40)10-3-11-38)31(27-8-9-29-28(22-27)23-42-45(29)2)34(43-35)25-4-6-26(7-5-25)36(48)46-18-20-50-21-19-46/h4,8-9,22-24,26H,3,5-7,10-14,16-21H2,1-2H3,(H,41,43). The number of morpholine rings is 1. The number of hydrogen-bond acceptors (Lipinski definition) is 7. The Labute approximate surface area is 291 Å². The number of nitrogens with one attached hydrogen (secondary N) is 1. The minimum Gasteiger partial charge on any atom is -0.378 e. The van der Waals surface area contributed by atoms with Gasteiger partial charge in [0.25, 0.3) is 0 Å². The van der Waals surface area contributed by atoms with Crippen molar-refractivity contribution in [2.45, 2.75) is 68.7 Å². The summed E-state index contributed by atoms with van der Waals surface area (Å²) in [6.45, 7) is 4.13. The van der Waals surface area contributed by atoms with Crippen molar-refractivity contribution in [3.8, 4) is 17.2 Å². The van der Waals surface area contributed by atoms with Gasteiger partial charge in [-0.05, 0) is 74.6 Å². The molecular formula is C39H44N8O3. The zero-order chi connectivity index (χ0) is 34.2. The van der Waals surface area contributed by atoms with Gasteiger partial charge in [0.15, 0.2) is 0 Å². The number of nitrogens with zero attached hydrogens (tertiary/aromatic N) is 7. The molecule has 9 rings (SSSR count). The number of rotatable bonds is 5. The topological polar surface area (TPSA) is 123 Å². The molecule has 3 fully saturated rings. The quantitative estimate of drug-likeness (QED) is 0.305. The molecule has 2 aliphatic carbocycles. The molecule has 4 aromatic rings. The van der Waals surface area contributed by atoms with Crippen LogP contribution >= 0.6 is 0 Å². The van der Waals surface area contributed by atoms with Crippen molar-refractivity contribution in [2.75, 3.05) is 51.3 Å². The van der Waals surface area contributed by atoms with Gasteiger partial charge in [0.1, 0.15) is 5.65 Å². The van der Waals surface area contributed by atoms with Crippen LogP contribution in [0.25, 0.3) is 38.6 Å². The largest absolute Gasteiger partial charge is 0.378 e. The SMILES string of the molecule is CN1C(=O)C2(CCN(C3(CC#N)CCC3)CC2)c2c1cnc1[nH]c(C3=CCC(C(=O)N4CCOCC4)CC3)c(-c3ccc4c(cnn4C)c3)c21. The zero-order valence-corrected chi connectivity index (χ0v) is 29.0. The summed E-state index contributed by atoms with van der Waals surface area (Å²) >= 11 is 0. The Morgan fingerprint density at radius 2 is 1.90 bits per heavy atom. The number of fused-ring (bicyclic) bond motifs is 5. The number of allylic oxidation sites excluding steroid dienone is 2. The summed E-state index contributed by atoms with van der Waals surface area (Å²) in [4.78, 5) is 42.9. The second-order valence-corrected chi connectivity index (χ2v) is 15.1. The smallest absolute Gasteiger partial charge is 0.237 e. The highest BCUT2D eigenvalue weighted by molar-refractivity contribution is 6.16. The van der Waals surface area contributed by atoms with E-state index in [0.717, 1.165) is 95.2 Å². The number of anilines is 1. The van der Waals surface area contributed by atoms with E-state index in [1.165, 1.54) is 5.57 Å². The van der Waals surface area contributed by atoms with E-state index in [1.54, 1.807) is 0 Å². The first-order chi connectivity index (χ1) is 24.3. The van der Waals surface area contributed by atoms with Crippen LogP contribution in [0.15, 0.2) is 36.7 Å². The third-order valence-electron chi connectivity index (χ3n) is 12.8. The van der Waals surface area contributed by atoms with E-state index >= 15 is 0 Å².